The van der Waals surface area contributed by atoms with Gasteiger partial charge in [-0.3, -0.25) is 14.6 Å². The molecule has 0 aliphatic heterocycles. The van der Waals surface area contributed by atoms with Gasteiger partial charge in [0.1, 0.15) is 6.54 Å². The van der Waals surface area contributed by atoms with Crippen LogP contribution in [0.1, 0.15) is 16.1 Å². The minimum absolute atomic E-state index is 0.0426. The molecule has 0 saturated carbocycles. The van der Waals surface area contributed by atoms with Crippen molar-refractivity contribution in [2.24, 2.45) is 0 Å². The highest BCUT2D eigenvalue weighted by atomic mass is 16.4. The summed E-state index contributed by atoms with van der Waals surface area (Å²) in [6, 6.07) is 3.28. The van der Waals surface area contributed by atoms with E-state index >= 15 is 0 Å². The molecule has 1 heterocycles. The van der Waals surface area contributed by atoms with Crippen LogP contribution in [-0.4, -0.2) is 40.0 Å². The van der Waals surface area contributed by atoms with Gasteiger partial charge in [0.25, 0.3) is 5.91 Å². The van der Waals surface area contributed by atoms with Crippen LogP contribution in [-0.2, 0) is 4.79 Å². The van der Waals surface area contributed by atoms with Crippen LogP contribution in [0.15, 0.2) is 18.3 Å². The Bertz CT molecular complexity index is 460. The van der Waals surface area contributed by atoms with Crippen molar-refractivity contribution < 1.29 is 14.7 Å². The minimum atomic E-state index is -1.10. The smallest absolute Gasteiger partial charge is 0.323 e. The maximum atomic E-state index is 11.9. The lowest BCUT2D eigenvalue weighted by molar-refractivity contribution is -0.137. The molecule has 0 fully saturated rings. The number of carboxylic acid groups (broad SMARTS) is 1. The summed E-state index contributed by atoms with van der Waals surface area (Å²) < 4.78 is 0. The topological polar surface area (TPSA) is 70.5 Å². The number of pyridine rings is 1. The van der Waals surface area contributed by atoms with Gasteiger partial charge in [0.05, 0.1) is 12.1 Å². The Kier molecular flexibility index (Phi) is 4.23. The maximum Gasteiger partial charge on any atom is 0.323 e. The zero-order chi connectivity index (χ0) is 12.8. The lowest BCUT2D eigenvalue weighted by Crippen LogP contribution is -2.36. The first-order valence-corrected chi connectivity index (χ1v) is 4.91. The zero-order valence-corrected chi connectivity index (χ0v) is 9.38. The average Bonchev–Trinajstić information content (AvgIpc) is 2.28. The number of hydrogen-bond acceptors (Lipinski definition) is 3. The summed E-state index contributed by atoms with van der Waals surface area (Å²) in [5.74, 6) is 0.721. The van der Waals surface area contributed by atoms with E-state index in [0.29, 0.717) is 5.56 Å². The molecule has 0 aromatic carbocycles. The Balaban J connectivity index is 2.88. The molecule has 0 atom stereocenters. The van der Waals surface area contributed by atoms with E-state index in [1.807, 2.05) is 0 Å². The molecule has 0 unspecified atom stereocenters. The van der Waals surface area contributed by atoms with E-state index < -0.39 is 18.4 Å². The van der Waals surface area contributed by atoms with Crippen molar-refractivity contribution >= 4 is 11.9 Å². The van der Waals surface area contributed by atoms with Crippen LogP contribution in [0.5, 0.6) is 0 Å². The molecule has 1 rings (SSSR count). The van der Waals surface area contributed by atoms with Crippen LogP contribution in [0.2, 0.25) is 0 Å². The van der Waals surface area contributed by atoms with Crippen molar-refractivity contribution in [3.05, 3.63) is 29.6 Å². The first kappa shape index (κ1) is 12.7. The molecule has 1 aromatic rings. The van der Waals surface area contributed by atoms with Crippen molar-refractivity contribution in [2.75, 3.05) is 13.1 Å². The third kappa shape index (κ3) is 3.61. The van der Waals surface area contributed by atoms with E-state index in [1.165, 1.54) is 6.20 Å². The number of carboxylic acids is 1. The quantitative estimate of drug-likeness (QED) is 0.769. The minimum Gasteiger partial charge on any atom is -0.480 e. The summed E-state index contributed by atoms with van der Waals surface area (Å²) >= 11 is 0. The number of hydrogen-bond donors (Lipinski definition) is 1. The molecular weight excluding hydrogens is 220 g/mol. The third-order valence-electron chi connectivity index (χ3n) is 2.05. The molecule has 0 aliphatic carbocycles. The van der Waals surface area contributed by atoms with Crippen LogP contribution in [0.3, 0.4) is 0 Å². The molecule has 1 aromatic heterocycles. The molecule has 0 bridgehead atoms. The fourth-order valence-corrected chi connectivity index (χ4v) is 1.25. The number of nitrogens with zero attached hydrogens (tertiary/aromatic N) is 2. The van der Waals surface area contributed by atoms with Gasteiger partial charge in [-0.15, -0.1) is 6.42 Å². The summed E-state index contributed by atoms with van der Waals surface area (Å²) in [7, 11) is 0. The summed E-state index contributed by atoms with van der Waals surface area (Å²) in [4.78, 5) is 27.6. The SMILES string of the molecule is C#CCN(CC(=O)O)C(=O)c1ccc(C)nc1. The number of aliphatic carboxylic acids is 1. The van der Waals surface area contributed by atoms with Crippen LogP contribution in [0, 0.1) is 19.3 Å². The molecule has 5 heteroatoms. The van der Waals surface area contributed by atoms with E-state index in [4.69, 9.17) is 11.5 Å². The van der Waals surface area contributed by atoms with Crippen molar-refractivity contribution in [1.82, 2.24) is 9.88 Å². The van der Waals surface area contributed by atoms with Crippen molar-refractivity contribution in [2.45, 2.75) is 6.92 Å². The number of aryl methyl sites for hydroxylation is 1. The first-order valence-electron chi connectivity index (χ1n) is 4.91. The molecule has 1 N–H and O–H groups in total. The van der Waals surface area contributed by atoms with Gasteiger partial charge in [0, 0.05) is 11.9 Å². The van der Waals surface area contributed by atoms with Gasteiger partial charge in [-0.1, -0.05) is 5.92 Å². The standard InChI is InChI=1S/C12H12N2O3/c1-3-6-14(8-11(15)16)12(17)10-5-4-9(2)13-7-10/h1,4-5,7H,6,8H2,2H3,(H,15,16). The lowest BCUT2D eigenvalue weighted by atomic mass is 10.2. The number of aromatic nitrogens is 1. The molecule has 0 radical (unpaired) electrons. The molecule has 0 saturated heterocycles. The second-order valence-electron chi connectivity index (χ2n) is 3.45. The second-order valence-corrected chi connectivity index (χ2v) is 3.45. The largest absolute Gasteiger partial charge is 0.480 e. The highest BCUT2D eigenvalue weighted by Gasteiger charge is 2.17. The van der Waals surface area contributed by atoms with Gasteiger partial charge in [0.2, 0.25) is 0 Å². The monoisotopic (exact) mass is 232 g/mol. The van der Waals surface area contributed by atoms with Crippen LogP contribution >= 0.6 is 0 Å². The Morgan fingerprint density at radius 1 is 1.53 bits per heavy atom. The molecule has 0 spiro atoms. The number of carbonyl (C=O) groups is 2. The summed E-state index contributed by atoms with van der Waals surface area (Å²) in [6.45, 7) is 1.33. The average molecular weight is 232 g/mol. The van der Waals surface area contributed by atoms with Crippen molar-refractivity contribution in [1.29, 1.82) is 0 Å². The Hall–Kier alpha value is -2.35. The predicted molar refractivity (Wildman–Crippen MR) is 61.3 cm³/mol. The van der Waals surface area contributed by atoms with E-state index in [1.54, 1.807) is 19.1 Å². The van der Waals surface area contributed by atoms with E-state index in [2.05, 4.69) is 10.9 Å². The number of carbonyl (C=O) groups excluding carboxylic acids is 1. The molecule has 1 amide bonds. The van der Waals surface area contributed by atoms with E-state index in [-0.39, 0.29) is 6.54 Å². The van der Waals surface area contributed by atoms with E-state index in [9.17, 15) is 9.59 Å². The molecular formula is C12H12N2O3. The fourth-order valence-electron chi connectivity index (χ4n) is 1.25. The highest BCUT2D eigenvalue weighted by molar-refractivity contribution is 5.95. The summed E-state index contributed by atoms with van der Waals surface area (Å²) in [5.41, 5.74) is 1.11. The predicted octanol–water partition coefficient (Wildman–Crippen LogP) is 0.550. The Morgan fingerprint density at radius 2 is 2.24 bits per heavy atom. The van der Waals surface area contributed by atoms with Gasteiger partial charge in [-0.25, -0.2) is 0 Å². The normalized spacial score (nSPS) is 9.41. The first-order chi connectivity index (χ1) is 8.04. The van der Waals surface area contributed by atoms with Gasteiger partial charge >= 0.3 is 5.97 Å². The molecule has 17 heavy (non-hydrogen) atoms. The number of rotatable bonds is 4. The van der Waals surface area contributed by atoms with E-state index in [0.717, 1.165) is 10.6 Å². The molecule has 5 nitrogen and oxygen atoms in total. The maximum absolute atomic E-state index is 11.9. The van der Waals surface area contributed by atoms with Crippen molar-refractivity contribution in [3.63, 3.8) is 0 Å². The van der Waals surface area contributed by atoms with Crippen LogP contribution in [0.4, 0.5) is 0 Å². The van der Waals surface area contributed by atoms with Gasteiger partial charge < -0.3 is 10.0 Å². The van der Waals surface area contributed by atoms with Crippen LogP contribution in [0.25, 0.3) is 0 Å². The highest BCUT2D eigenvalue weighted by Crippen LogP contribution is 2.04. The Labute approximate surface area is 99.1 Å². The number of amides is 1. The third-order valence-corrected chi connectivity index (χ3v) is 2.05. The van der Waals surface area contributed by atoms with Gasteiger partial charge in [0.15, 0.2) is 0 Å². The molecule has 0 aliphatic rings. The lowest BCUT2D eigenvalue weighted by Gasteiger charge is -2.17. The Morgan fingerprint density at radius 3 is 2.71 bits per heavy atom. The molecule has 88 valence electrons. The van der Waals surface area contributed by atoms with Crippen LogP contribution < -0.4 is 0 Å². The zero-order valence-electron chi connectivity index (χ0n) is 9.38. The van der Waals surface area contributed by atoms with Gasteiger partial charge in [-0.2, -0.15) is 0 Å². The summed E-state index contributed by atoms with van der Waals surface area (Å²) in [5, 5.41) is 8.67. The fraction of sp³-hybridized carbons (Fsp3) is 0.250. The second kappa shape index (κ2) is 5.66. The van der Waals surface area contributed by atoms with Gasteiger partial charge in [-0.05, 0) is 19.1 Å². The number of terminal acetylenes is 1. The summed E-state index contributed by atoms with van der Waals surface area (Å²) in [6.07, 6.45) is 6.50. The van der Waals surface area contributed by atoms with Crippen molar-refractivity contribution in [3.8, 4) is 12.3 Å².